The first-order valence-corrected chi connectivity index (χ1v) is 8.65. The molecule has 0 saturated heterocycles. The lowest BCUT2D eigenvalue weighted by Gasteiger charge is -2.16. The molecule has 0 radical (unpaired) electrons. The number of carboxylic acid groups (broad SMARTS) is 1. The summed E-state index contributed by atoms with van der Waals surface area (Å²) in [7, 11) is 0. The summed E-state index contributed by atoms with van der Waals surface area (Å²) in [6.07, 6.45) is 10.9. The molecule has 2 nitrogen and oxygen atoms in total. The van der Waals surface area contributed by atoms with Gasteiger partial charge in [0.25, 0.3) is 0 Å². The third kappa shape index (κ3) is 12.3. The van der Waals surface area contributed by atoms with Gasteiger partial charge in [-0.15, -0.1) is 0 Å². The van der Waals surface area contributed by atoms with E-state index in [-0.39, 0.29) is 0 Å². The molecule has 0 aliphatic carbocycles. The summed E-state index contributed by atoms with van der Waals surface area (Å²) >= 11 is 1.82. The van der Waals surface area contributed by atoms with Crippen LogP contribution in [0.2, 0.25) is 0 Å². The summed E-state index contributed by atoms with van der Waals surface area (Å²) in [4.78, 5) is 10.4. The molecule has 0 amide bonds. The molecule has 1 unspecified atom stereocenters. The zero-order valence-electron chi connectivity index (χ0n) is 12.1. The molecule has 0 aliphatic rings. The number of carbonyl (C=O) groups is 1. The van der Waals surface area contributed by atoms with E-state index in [1.54, 1.807) is 0 Å². The smallest absolute Gasteiger partial charge is 0.304 e. The molecule has 108 valence electrons. The monoisotopic (exact) mass is 274 g/mol. The van der Waals surface area contributed by atoms with Crippen LogP contribution in [0.4, 0.5) is 0 Å². The highest BCUT2D eigenvalue weighted by molar-refractivity contribution is 7.99. The number of hydrogen-bond donors (Lipinski definition) is 1. The number of hydrogen-bond acceptors (Lipinski definition) is 2. The van der Waals surface area contributed by atoms with E-state index in [0.29, 0.717) is 6.42 Å². The molecule has 0 bridgehead atoms. The molecule has 0 fully saturated rings. The Morgan fingerprint density at radius 1 is 1.06 bits per heavy atom. The molecule has 3 heteroatoms. The van der Waals surface area contributed by atoms with Crippen LogP contribution in [-0.2, 0) is 4.79 Å². The number of rotatable bonds is 13. The molecule has 0 aromatic rings. The Balaban J connectivity index is 3.65. The SMILES string of the molecule is CCCCCCC(CCCC)CSCCC(=O)O. The molecule has 0 aromatic carbocycles. The van der Waals surface area contributed by atoms with Crippen LogP contribution < -0.4 is 0 Å². The van der Waals surface area contributed by atoms with Crippen molar-refractivity contribution in [1.29, 1.82) is 0 Å². The quantitative estimate of drug-likeness (QED) is 0.482. The highest BCUT2D eigenvalue weighted by Crippen LogP contribution is 2.22. The van der Waals surface area contributed by atoms with Gasteiger partial charge >= 0.3 is 5.97 Å². The van der Waals surface area contributed by atoms with Gasteiger partial charge in [0, 0.05) is 5.75 Å². The van der Waals surface area contributed by atoms with Crippen molar-refractivity contribution in [3.05, 3.63) is 0 Å². The van der Waals surface area contributed by atoms with Crippen LogP contribution in [0.5, 0.6) is 0 Å². The van der Waals surface area contributed by atoms with Gasteiger partial charge in [-0.1, -0.05) is 52.4 Å². The van der Waals surface area contributed by atoms with E-state index in [4.69, 9.17) is 5.11 Å². The number of carboxylic acids is 1. The van der Waals surface area contributed by atoms with Crippen LogP contribution >= 0.6 is 11.8 Å². The highest BCUT2D eigenvalue weighted by atomic mass is 32.2. The molecule has 0 spiro atoms. The van der Waals surface area contributed by atoms with E-state index in [0.717, 1.165) is 17.4 Å². The van der Waals surface area contributed by atoms with E-state index < -0.39 is 5.97 Å². The lowest BCUT2D eigenvalue weighted by molar-refractivity contribution is -0.136. The van der Waals surface area contributed by atoms with Gasteiger partial charge in [0.05, 0.1) is 6.42 Å². The van der Waals surface area contributed by atoms with Gasteiger partial charge in [0.2, 0.25) is 0 Å². The minimum Gasteiger partial charge on any atom is -0.481 e. The maximum absolute atomic E-state index is 10.4. The molecule has 0 aromatic heterocycles. The number of thioether (sulfide) groups is 1. The van der Waals surface area contributed by atoms with Crippen LogP contribution in [0.1, 0.15) is 71.6 Å². The average molecular weight is 274 g/mol. The van der Waals surface area contributed by atoms with E-state index >= 15 is 0 Å². The van der Waals surface area contributed by atoms with Crippen LogP contribution in [0.25, 0.3) is 0 Å². The van der Waals surface area contributed by atoms with Gasteiger partial charge in [-0.25, -0.2) is 0 Å². The van der Waals surface area contributed by atoms with Gasteiger partial charge in [-0.05, 0) is 24.5 Å². The molecule has 0 aliphatic heterocycles. The van der Waals surface area contributed by atoms with Gasteiger partial charge in [0.15, 0.2) is 0 Å². The first-order chi connectivity index (χ1) is 8.70. The first kappa shape index (κ1) is 17.8. The van der Waals surface area contributed by atoms with Crippen LogP contribution in [0, 0.1) is 5.92 Å². The minimum absolute atomic E-state index is 0.307. The van der Waals surface area contributed by atoms with Gasteiger partial charge in [0.1, 0.15) is 0 Å². The van der Waals surface area contributed by atoms with Gasteiger partial charge < -0.3 is 5.11 Å². The number of unbranched alkanes of at least 4 members (excludes halogenated alkanes) is 4. The molecule has 0 saturated carbocycles. The Morgan fingerprint density at radius 3 is 2.33 bits per heavy atom. The lowest BCUT2D eigenvalue weighted by atomic mass is 9.97. The largest absolute Gasteiger partial charge is 0.481 e. The third-order valence-electron chi connectivity index (χ3n) is 3.25. The maximum Gasteiger partial charge on any atom is 0.304 e. The molecule has 18 heavy (non-hydrogen) atoms. The molecule has 0 rings (SSSR count). The fourth-order valence-electron chi connectivity index (χ4n) is 2.07. The van der Waals surface area contributed by atoms with E-state index in [1.807, 2.05) is 11.8 Å². The van der Waals surface area contributed by atoms with Crippen molar-refractivity contribution in [2.75, 3.05) is 11.5 Å². The van der Waals surface area contributed by atoms with Crippen molar-refractivity contribution in [2.45, 2.75) is 71.6 Å². The van der Waals surface area contributed by atoms with E-state index in [9.17, 15) is 4.79 Å². The zero-order chi connectivity index (χ0) is 13.6. The van der Waals surface area contributed by atoms with Gasteiger partial charge in [-0.3, -0.25) is 4.79 Å². The number of aliphatic carboxylic acids is 1. The van der Waals surface area contributed by atoms with Crippen molar-refractivity contribution >= 4 is 17.7 Å². The average Bonchev–Trinajstić information content (AvgIpc) is 2.35. The van der Waals surface area contributed by atoms with E-state index in [2.05, 4.69) is 13.8 Å². The Bertz CT molecular complexity index is 195. The molecule has 1 atom stereocenters. The van der Waals surface area contributed by atoms with Crippen molar-refractivity contribution in [2.24, 2.45) is 5.92 Å². The van der Waals surface area contributed by atoms with Crippen LogP contribution in [0.3, 0.4) is 0 Å². The Labute approximate surface area is 117 Å². The first-order valence-electron chi connectivity index (χ1n) is 7.50. The van der Waals surface area contributed by atoms with Crippen molar-refractivity contribution in [3.8, 4) is 0 Å². The molecule has 0 heterocycles. The van der Waals surface area contributed by atoms with Crippen LogP contribution in [0.15, 0.2) is 0 Å². The second-order valence-electron chi connectivity index (χ2n) is 5.08. The standard InChI is InChI=1S/C15H30O2S/c1-3-5-7-8-10-14(9-6-4-2)13-18-12-11-15(16)17/h14H,3-13H2,1-2H3,(H,16,17). The summed E-state index contributed by atoms with van der Waals surface area (Å²) in [5.74, 6) is 2.06. The summed E-state index contributed by atoms with van der Waals surface area (Å²) in [6, 6.07) is 0. The fraction of sp³-hybridized carbons (Fsp3) is 0.933. The summed E-state index contributed by atoms with van der Waals surface area (Å²) in [6.45, 7) is 4.49. The minimum atomic E-state index is -0.671. The predicted molar refractivity (Wildman–Crippen MR) is 81.4 cm³/mol. The topological polar surface area (TPSA) is 37.3 Å². The van der Waals surface area contributed by atoms with Crippen molar-refractivity contribution in [1.82, 2.24) is 0 Å². The predicted octanol–water partition coefficient (Wildman–Crippen LogP) is 4.97. The Morgan fingerprint density at radius 2 is 1.72 bits per heavy atom. The fourth-order valence-corrected chi connectivity index (χ4v) is 3.23. The normalized spacial score (nSPS) is 12.6. The molecule has 1 N–H and O–H groups in total. The molecular weight excluding hydrogens is 244 g/mol. The maximum atomic E-state index is 10.4. The Kier molecular flexibility index (Phi) is 13.1. The third-order valence-corrected chi connectivity index (χ3v) is 4.45. The van der Waals surface area contributed by atoms with Crippen molar-refractivity contribution < 1.29 is 9.90 Å². The van der Waals surface area contributed by atoms with E-state index in [1.165, 1.54) is 51.4 Å². The summed E-state index contributed by atoms with van der Waals surface area (Å²) < 4.78 is 0. The van der Waals surface area contributed by atoms with Gasteiger partial charge in [-0.2, -0.15) is 11.8 Å². The second kappa shape index (κ2) is 13.3. The highest BCUT2D eigenvalue weighted by Gasteiger charge is 2.08. The zero-order valence-corrected chi connectivity index (χ0v) is 12.9. The van der Waals surface area contributed by atoms with Crippen LogP contribution in [-0.4, -0.2) is 22.6 Å². The lowest BCUT2D eigenvalue weighted by Crippen LogP contribution is -2.06. The summed E-state index contributed by atoms with van der Waals surface area (Å²) in [5.41, 5.74) is 0. The Hall–Kier alpha value is -0.180. The summed E-state index contributed by atoms with van der Waals surface area (Å²) in [5, 5.41) is 8.61. The second-order valence-corrected chi connectivity index (χ2v) is 6.23. The molecular formula is C15H30O2S. The van der Waals surface area contributed by atoms with Crippen molar-refractivity contribution in [3.63, 3.8) is 0 Å².